The van der Waals surface area contributed by atoms with E-state index in [1.54, 1.807) is 0 Å². The molecule has 2 heterocycles. The second-order valence-electron chi connectivity index (χ2n) is 8.11. The normalized spacial score (nSPS) is 18.8. The molecule has 2 aliphatic rings. The van der Waals surface area contributed by atoms with Crippen LogP contribution in [0.25, 0.3) is 0 Å². The Kier molecular flexibility index (Phi) is 6.83. The van der Waals surface area contributed by atoms with Crippen molar-refractivity contribution in [3.63, 3.8) is 0 Å². The summed E-state index contributed by atoms with van der Waals surface area (Å²) in [5.41, 5.74) is 2.51. The maximum atomic E-state index is 12.6. The molecule has 2 aliphatic heterocycles. The molecule has 0 bridgehead atoms. The quantitative estimate of drug-likeness (QED) is 0.698. The van der Waals surface area contributed by atoms with E-state index in [0.717, 1.165) is 61.9 Å². The van der Waals surface area contributed by atoms with E-state index in [0.29, 0.717) is 25.4 Å². The summed E-state index contributed by atoms with van der Waals surface area (Å²) >= 11 is 0. The number of amides is 2. The highest BCUT2D eigenvalue weighted by molar-refractivity contribution is 5.99. The first kappa shape index (κ1) is 20.5. The number of benzene rings is 1. The number of rotatable bonds is 8. The summed E-state index contributed by atoms with van der Waals surface area (Å²) in [6.45, 7) is 7.09. The summed E-state index contributed by atoms with van der Waals surface area (Å²) in [4.78, 5) is 39.7. The number of hydrogen-bond donors (Lipinski definition) is 1. The number of carbonyl (C=O) groups is 3. The van der Waals surface area contributed by atoms with E-state index in [1.807, 2.05) is 23.1 Å². The third kappa shape index (κ3) is 4.79. The third-order valence-corrected chi connectivity index (χ3v) is 5.97. The Morgan fingerprint density at radius 3 is 2.75 bits per heavy atom. The second kappa shape index (κ2) is 9.32. The van der Waals surface area contributed by atoms with Gasteiger partial charge in [0.15, 0.2) is 0 Å². The Balaban J connectivity index is 1.54. The third-order valence-electron chi connectivity index (χ3n) is 5.97. The summed E-state index contributed by atoms with van der Waals surface area (Å²) in [7, 11) is 0. The molecule has 0 aromatic heterocycles. The molecule has 0 saturated carbocycles. The average Bonchev–Trinajstić information content (AvgIpc) is 3.00. The van der Waals surface area contributed by atoms with Gasteiger partial charge in [0.25, 0.3) is 5.91 Å². The molecule has 0 aliphatic carbocycles. The van der Waals surface area contributed by atoms with Crippen molar-refractivity contribution in [3.05, 3.63) is 29.3 Å². The fourth-order valence-corrected chi connectivity index (χ4v) is 4.30. The first-order chi connectivity index (χ1) is 13.5. The highest BCUT2D eigenvalue weighted by atomic mass is 16.2. The Morgan fingerprint density at radius 2 is 2.07 bits per heavy atom. The molecule has 1 aromatic carbocycles. The number of nitrogens with zero attached hydrogens (tertiary/aromatic N) is 2. The highest BCUT2D eigenvalue weighted by Gasteiger charge is 2.30. The van der Waals surface area contributed by atoms with E-state index in [2.05, 4.69) is 24.1 Å². The maximum absolute atomic E-state index is 12.6. The van der Waals surface area contributed by atoms with Crippen LogP contribution in [-0.2, 0) is 16.1 Å². The maximum Gasteiger partial charge on any atom is 0.254 e. The highest BCUT2D eigenvalue weighted by Crippen LogP contribution is 2.29. The lowest BCUT2D eigenvalue weighted by Gasteiger charge is -2.30. The first-order valence-electron chi connectivity index (χ1n) is 10.4. The number of likely N-dealkylation sites (tertiary alicyclic amines) is 1. The molecule has 3 rings (SSSR count). The Bertz CT molecular complexity index is 726. The lowest BCUT2D eigenvalue weighted by atomic mass is 9.93. The van der Waals surface area contributed by atoms with Crippen LogP contribution in [0.2, 0.25) is 0 Å². The standard InChI is InChI=1S/C22H31N3O3/c1-3-4-16(2)25-15-18-14-19(5-6-20(18)22(25)28)23-21(27)13-17-7-9-24(10-8-17)11-12-26/h5-6,12,14,16-17H,3-4,7-11,13,15H2,1-2H3,(H,23,27). The molecule has 1 aromatic rings. The van der Waals surface area contributed by atoms with Crippen molar-refractivity contribution in [2.45, 2.75) is 58.5 Å². The van der Waals surface area contributed by atoms with Gasteiger partial charge >= 0.3 is 0 Å². The van der Waals surface area contributed by atoms with Crippen molar-refractivity contribution in [2.75, 3.05) is 25.0 Å². The molecule has 2 amide bonds. The molecule has 0 spiro atoms. The van der Waals surface area contributed by atoms with Gasteiger partial charge in [-0.2, -0.15) is 0 Å². The van der Waals surface area contributed by atoms with E-state index in [9.17, 15) is 14.4 Å². The topological polar surface area (TPSA) is 69.7 Å². The van der Waals surface area contributed by atoms with Crippen LogP contribution in [0, 0.1) is 5.92 Å². The average molecular weight is 386 g/mol. The minimum absolute atomic E-state index is 0.0225. The van der Waals surface area contributed by atoms with Crippen molar-refractivity contribution in [1.82, 2.24) is 9.80 Å². The summed E-state index contributed by atoms with van der Waals surface area (Å²) in [5, 5.41) is 3.00. The molecule has 1 N–H and O–H groups in total. The number of carbonyl (C=O) groups excluding carboxylic acids is 3. The van der Waals surface area contributed by atoms with Crippen LogP contribution in [0.5, 0.6) is 0 Å². The van der Waals surface area contributed by atoms with Crippen LogP contribution in [0.15, 0.2) is 18.2 Å². The molecule has 1 unspecified atom stereocenters. The van der Waals surface area contributed by atoms with E-state index in [1.165, 1.54) is 0 Å². The predicted molar refractivity (Wildman–Crippen MR) is 109 cm³/mol. The van der Waals surface area contributed by atoms with Crippen molar-refractivity contribution in [3.8, 4) is 0 Å². The minimum Gasteiger partial charge on any atom is -0.332 e. The number of anilines is 1. The van der Waals surface area contributed by atoms with Crippen molar-refractivity contribution < 1.29 is 14.4 Å². The molecular weight excluding hydrogens is 354 g/mol. The van der Waals surface area contributed by atoms with Gasteiger partial charge in [-0.15, -0.1) is 0 Å². The molecule has 152 valence electrons. The van der Waals surface area contributed by atoms with Gasteiger partial charge in [-0.1, -0.05) is 13.3 Å². The summed E-state index contributed by atoms with van der Waals surface area (Å²) in [5.74, 6) is 0.481. The fourth-order valence-electron chi connectivity index (χ4n) is 4.30. The summed E-state index contributed by atoms with van der Waals surface area (Å²) < 4.78 is 0. The van der Waals surface area contributed by atoms with Crippen molar-refractivity contribution >= 4 is 23.8 Å². The monoisotopic (exact) mass is 385 g/mol. The smallest absolute Gasteiger partial charge is 0.254 e. The molecule has 1 fully saturated rings. The lowest BCUT2D eigenvalue weighted by Crippen LogP contribution is -2.36. The number of nitrogens with one attached hydrogen (secondary N) is 1. The van der Waals surface area contributed by atoms with Gasteiger partial charge in [-0.25, -0.2) is 0 Å². The van der Waals surface area contributed by atoms with Gasteiger partial charge in [0.05, 0.1) is 6.54 Å². The van der Waals surface area contributed by atoms with Crippen LogP contribution in [0.4, 0.5) is 5.69 Å². The molecule has 1 saturated heterocycles. The lowest BCUT2D eigenvalue weighted by molar-refractivity contribution is -0.117. The van der Waals surface area contributed by atoms with Crippen LogP contribution in [-0.4, -0.2) is 53.6 Å². The van der Waals surface area contributed by atoms with Crippen LogP contribution in [0.3, 0.4) is 0 Å². The molecule has 28 heavy (non-hydrogen) atoms. The number of aldehydes is 1. The summed E-state index contributed by atoms with van der Waals surface area (Å²) in [6, 6.07) is 5.84. The van der Waals surface area contributed by atoms with Crippen LogP contribution >= 0.6 is 0 Å². The van der Waals surface area contributed by atoms with E-state index < -0.39 is 0 Å². The SMILES string of the molecule is CCCC(C)N1Cc2cc(NC(=O)CC3CCN(CC=O)CC3)ccc2C1=O. The Hall–Kier alpha value is -2.21. The van der Waals surface area contributed by atoms with E-state index >= 15 is 0 Å². The molecular formula is C22H31N3O3. The van der Waals surface area contributed by atoms with E-state index in [4.69, 9.17) is 0 Å². The molecule has 0 radical (unpaired) electrons. The fraction of sp³-hybridized carbons (Fsp3) is 0.591. The second-order valence-corrected chi connectivity index (χ2v) is 8.11. The van der Waals surface area contributed by atoms with Gasteiger partial charge in [0, 0.05) is 30.3 Å². The molecule has 1 atom stereocenters. The first-order valence-corrected chi connectivity index (χ1v) is 10.4. The summed E-state index contributed by atoms with van der Waals surface area (Å²) in [6.07, 6.45) is 5.39. The minimum atomic E-state index is 0.0225. The zero-order chi connectivity index (χ0) is 20.1. The number of hydrogen-bond acceptors (Lipinski definition) is 4. The zero-order valence-corrected chi connectivity index (χ0v) is 16.9. The molecule has 6 heteroatoms. The van der Waals surface area contributed by atoms with Gasteiger partial charge in [-0.3, -0.25) is 14.5 Å². The Morgan fingerprint density at radius 1 is 1.32 bits per heavy atom. The van der Waals surface area contributed by atoms with Crippen molar-refractivity contribution in [2.24, 2.45) is 5.92 Å². The Labute approximate surface area is 167 Å². The van der Waals surface area contributed by atoms with Gasteiger partial charge < -0.3 is 15.0 Å². The number of fused-ring (bicyclic) bond motifs is 1. The van der Waals surface area contributed by atoms with E-state index in [-0.39, 0.29) is 17.9 Å². The van der Waals surface area contributed by atoms with Gasteiger partial charge in [0.1, 0.15) is 6.29 Å². The largest absolute Gasteiger partial charge is 0.332 e. The van der Waals surface area contributed by atoms with Crippen molar-refractivity contribution in [1.29, 1.82) is 0 Å². The molecule has 6 nitrogen and oxygen atoms in total. The van der Waals surface area contributed by atoms with Gasteiger partial charge in [0.2, 0.25) is 5.91 Å². The van der Waals surface area contributed by atoms with Gasteiger partial charge in [-0.05, 0) is 69.0 Å². The van der Waals surface area contributed by atoms with Crippen LogP contribution in [0.1, 0.15) is 61.9 Å². The zero-order valence-electron chi connectivity index (χ0n) is 16.9. The number of piperidine rings is 1. The predicted octanol–water partition coefficient (Wildman–Crippen LogP) is 3.07. The van der Waals surface area contributed by atoms with Crippen LogP contribution < -0.4 is 5.32 Å².